The van der Waals surface area contributed by atoms with Crippen LogP contribution in [0.25, 0.3) is 0 Å². The number of phosphoric ester groups is 1. The Balaban J connectivity index is 4.15. The molecule has 0 aromatic carbocycles. The van der Waals surface area contributed by atoms with Crippen LogP contribution in [0.15, 0.2) is 12.2 Å². The number of quaternary nitrogens is 1. The van der Waals surface area contributed by atoms with E-state index >= 15 is 0 Å². The van der Waals surface area contributed by atoms with Crippen molar-refractivity contribution in [1.82, 2.24) is 5.32 Å². The largest absolute Gasteiger partial charge is 0.756 e. The van der Waals surface area contributed by atoms with Crippen LogP contribution in [0, 0.1) is 0 Å². The quantitative estimate of drug-likeness (QED) is 0.0273. The van der Waals surface area contributed by atoms with Gasteiger partial charge < -0.3 is 28.8 Å². The fraction of sp³-hybridized carbons (Fsp3) is 0.942. The first-order valence-electron chi connectivity index (χ1n) is 26.6. The van der Waals surface area contributed by atoms with Gasteiger partial charge in [0.25, 0.3) is 7.82 Å². The summed E-state index contributed by atoms with van der Waals surface area (Å²) in [6.45, 7) is 4.68. The molecule has 0 aliphatic carbocycles. The van der Waals surface area contributed by atoms with Gasteiger partial charge in [-0.15, -0.1) is 0 Å². The van der Waals surface area contributed by atoms with E-state index in [0.717, 1.165) is 38.5 Å². The number of hydrogen-bond acceptors (Lipinski definition) is 6. The van der Waals surface area contributed by atoms with E-state index in [0.29, 0.717) is 17.4 Å². The Morgan fingerprint density at radius 2 is 0.885 bits per heavy atom. The highest BCUT2D eigenvalue weighted by molar-refractivity contribution is 7.45. The molecule has 364 valence electrons. The van der Waals surface area contributed by atoms with E-state index in [1.807, 2.05) is 27.2 Å². The monoisotopic (exact) mass is 885 g/mol. The zero-order valence-corrected chi connectivity index (χ0v) is 42.3. The highest BCUT2D eigenvalue weighted by Gasteiger charge is 2.23. The molecule has 0 fully saturated rings. The third-order valence-electron chi connectivity index (χ3n) is 12.2. The molecule has 3 unspecified atom stereocenters. The summed E-state index contributed by atoms with van der Waals surface area (Å²) < 4.78 is 23.3. The van der Waals surface area contributed by atoms with Crippen LogP contribution < -0.4 is 10.2 Å². The third-order valence-corrected chi connectivity index (χ3v) is 13.2. The number of rotatable bonds is 49. The number of amides is 1. The number of likely N-dealkylation sites (N-methyl/N-ethyl adjacent to an activating group) is 1. The molecule has 1 amide bonds. The van der Waals surface area contributed by atoms with Crippen molar-refractivity contribution in [2.24, 2.45) is 0 Å². The molecule has 0 heterocycles. The van der Waals surface area contributed by atoms with Crippen molar-refractivity contribution in [2.75, 3.05) is 40.9 Å². The number of unbranched alkanes of at least 4 members (excludes halogenated alkanes) is 36. The molecule has 0 saturated heterocycles. The van der Waals surface area contributed by atoms with Gasteiger partial charge in [0, 0.05) is 6.42 Å². The van der Waals surface area contributed by atoms with Crippen LogP contribution in [0.2, 0.25) is 0 Å². The van der Waals surface area contributed by atoms with E-state index in [1.54, 1.807) is 6.08 Å². The van der Waals surface area contributed by atoms with E-state index in [2.05, 4.69) is 19.2 Å². The molecule has 0 radical (unpaired) electrons. The molecule has 0 bridgehead atoms. The number of carbonyl (C=O) groups is 1. The second-order valence-electron chi connectivity index (χ2n) is 19.6. The Kier molecular flexibility index (Phi) is 43.9. The minimum Gasteiger partial charge on any atom is -0.756 e. The van der Waals surface area contributed by atoms with E-state index in [-0.39, 0.29) is 19.1 Å². The number of phosphoric acid groups is 1. The van der Waals surface area contributed by atoms with Gasteiger partial charge in [-0.05, 0) is 19.3 Å². The third kappa shape index (κ3) is 47.0. The van der Waals surface area contributed by atoms with Crippen molar-refractivity contribution >= 4 is 13.7 Å². The molecule has 0 saturated carbocycles. The van der Waals surface area contributed by atoms with E-state index < -0.39 is 20.0 Å². The summed E-state index contributed by atoms with van der Waals surface area (Å²) in [4.78, 5) is 25.4. The molecule has 0 aliphatic heterocycles. The molecule has 8 nitrogen and oxygen atoms in total. The van der Waals surface area contributed by atoms with E-state index in [4.69, 9.17) is 9.05 Å². The highest BCUT2D eigenvalue weighted by atomic mass is 31.2. The van der Waals surface area contributed by atoms with Crippen LogP contribution >= 0.6 is 7.82 Å². The highest BCUT2D eigenvalue weighted by Crippen LogP contribution is 2.38. The standard InChI is InChI=1S/C52H105N2O6P/c1-6-8-10-12-14-16-18-20-22-23-24-25-26-27-28-29-30-31-32-34-36-38-40-42-44-46-52(56)53-50(49-60-61(57,58)59-48-47-54(3,4)5)51(55)45-43-41-39-37-35-33-21-19-17-15-13-11-9-7-2/h43,45,50-51,55H,6-42,44,46-49H2,1-5H3,(H-,53,56,57,58)/b45-43+. The molecule has 0 aromatic heterocycles. The summed E-state index contributed by atoms with van der Waals surface area (Å²) in [7, 11) is 1.27. The molecule has 9 heteroatoms. The first-order valence-corrected chi connectivity index (χ1v) is 28.0. The fourth-order valence-corrected chi connectivity index (χ4v) is 8.76. The van der Waals surface area contributed by atoms with Gasteiger partial charge in [-0.3, -0.25) is 9.36 Å². The summed E-state index contributed by atoms with van der Waals surface area (Å²) in [6.07, 6.45) is 52.8. The summed E-state index contributed by atoms with van der Waals surface area (Å²) in [5, 5.41) is 13.8. The van der Waals surface area contributed by atoms with Crippen LogP contribution in [0.3, 0.4) is 0 Å². The lowest BCUT2D eigenvalue weighted by Gasteiger charge is -2.29. The maximum Gasteiger partial charge on any atom is 0.268 e. The van der Waals surface area contributed by atoms with Gasteiger partial charge in [-0.2, -0.15) is 0 Å². The second kappa shape index (κ2) is 44.4. The molecule has 0 spiro atoms. The maximum absolute atomic E-state index is 12.9. The molecule has 2 N–H and O–H groups in total. The number of nitrogens with zero attached hydrogens (tertiary/aromatic N) is 1. The van der Waals surface area contributed by atoms with Gasteiger partial charge in [0.2, 0.25) is 5.91 Å². The average Bonchev–Trinajstić information content (AvgIpc) is 3.21. The zero-order valence-electron chi connectivity index (χ0n) is 41.4. The summed E-state index contributed by atoms with van der Waals surface area (Å²) >= 11 is 0. The van der Waals surface area contributed by atoms with E-state index in [9.17, 15) is 19.4 Å². The Hall–Kier alpha value is -0.760. The lowest BCUT2D eigenvalue weighted by Crippen LogP contribution is -2.45. The summed E-state index contributed by atoms with van der Waals surface area (Å²) in [6, 6.07) is -0.880. The number of aliphatic hydroxyl groups excluding tert-OH is 1. The first-order chi connectivity index (χ1) is 29.5. The molecular weight excluding hydrogens is 780 g/mol. The number of aliphatic hydroxyl groups is 1. The molecule has 0 rings (SSSR count). The van der Waals surface area contributed by atoms with Gasteiger partial charge in [0.15, 0.2) is 0 Å². The Morgan fingerprint density at radius 1 is 0.557 bits per heavy atom. The van der Waals surface area contributed by atoms with E-state index in [1.165, 1.54) is 205 Å². The van der Waals surface area contributed by atoms with Crippen LogP contribution in [0.4, 0.5) is 0 Å². The molecule has 3 atom stereocenters. The Morgan fingerprint density at radius 3 is 1.23 bits per heavy atom. The Labute approximate surface area is 380 Å². The van der Waals surface area contributed by atoms with Crippen molar-refractivity contribution in [3.05, 3.63) is 12.2 Å². The van der Waals surface area contributed by atoms with Crippen LogP contribution in [0.1, 0.15) is 264 Å². The predicted molar refractivity (Wildman–Crippen MR) is 261 cm³/mol. The minimum atomic E-state index is -4.59. The SMILES string of the molecule is CCCCCCCCCCCCCC/C=C/C(O)C(COP(=O)([O-])OCC[N+](C)(C)C)NC(=O)CCCCCCCCCCCCCCCCCCCCCCCCCCC. The van der Waals surface area contributed by atoms with Gasteiger partial charge in [0.1, 0.15) is 13.2 Å². The summed E-state index contributed by atoms with van der Waals surface area (Å²) in [5.74, 6) is -0.192. The zero-order chi connectivity index (χ0) is 45.0. The molecular formula is C52H105N2O6P. The van der Waals surface area contributed by atoms with Crippen molar-refractivity contribution in [2.45, 2.75) is 276 Å². The molecule has 0 aromatic rings. The fourth-order valence-electron chi connectivity index (χ4n) is 8.04. The second-order valence-corrected chi connectivity index (χ2v) is 21.0. The number of nitrogens with one attached hydrogen (secondary N) is 1. The number of allylic oxidation sites excluding steroid dienone is 1. The lowest BCUT2D eigenvalue weighted by molar-refractivity contribution is -0.870. The van der Waals surface area contributed by atoms with Crippen molar-refractivity contribution in [1.29, 1.82) is 0 Å². The van der Waals surface area contributed by atoms with Gasteiger partial charge in [0.05, 0.1) is 39.9 Å². The maximum atomic E-state index is 12.9. The molecule has 0 aliphatic rings. The Bertz CT molecular complexity index is 1000. The first kappa shape index (κ1) is 60.2. The smallest absolute Gasteiger partial charge is 0.268 e. The van der Waals surface area contributed by atoms with Gasteiger partial charge >= 0.3 is 0 Å². The van der Waals surface area contributed by atoms with Crippen LogP contribution in [-0.2, 0) is 18.4 Å². The van der Waals surface area contributed by atoms with Crippen molar-refractivity contribution < 1.29 is 32.9 Å². The van der Waals surface area contributed by atoms with Crippen molar-refractivity contribution in [3.8, 4) is 0 Å². The topological polar surface area (TPSA) is 108 Å². The number of hydrogen-bond donors (Lipinski definition) is 2. The predicted octanol–water partition coefficient (Wildman–Crippen LogP) is 14.8. The van der Waals surface area contributed by atoms with Crippen LogP contribution in [0.5, 0.6) is 0 Å². The molecule has 61 heavy (non-hydrogen) atoms. The summed E-state index contributed by atoms with van der Waals surface area (Å²) in [5.41, 5.74) is 0. The van der Waals surface area contributed by atoms with Gasteiger partial charge in [-0.25, -0.2) is 0 Å². The lowest BCUT2D eigenvalue weighted by atomic mass is 10.0. The normalized spacial score (nSPS) is 14.1. The average molecular weight is 885 g/mol. The van der Waals surface area contributed by atoms with Gasteiger partial charge in [-0.1, -0.05) is 251 Å². The number of carbonyl (C=O) groups excluding carboxylic acids is 1. The van der Waals surface area contributed by atoms with Crippen LogP contribution in [-0.4, -0.2) is 68.5 Å². The van der Waals surface area contributed by atoms with Crippen molar-refractivity contribution in [3.63, 3.8) is 0 Å². The minimum absolute atomic E-state index is 0.00238.